The minimum absolute atomic E-state index is 0.278. The Morgan fingerprint density at radius 2 is 2.00 bits per heavy atom. The molecule has 9 heavy (non-hydrogen) atoms. The molecule has 0 fully saturated rings. The van der Waals surface area contributed by atoms with Gasteiger partial charge in [-0.15, -0.1) is 0 Å². The van der Waals surface area contributed by atoms with Gasteiger partial charge in [-0.05, 0) is 0 Å². The summed E-state index contributed by atoms with van der Waals surface area (Å²) >= 11 is 4.62. The Bertz CT molecular complexity index is 171. The highest BCUT2D eigenvalue weighted by Gasteiger charge is 2.08. The maximum atomic E-state index is 8.23. The van der Waals surface area contributed by atoms with E-state index in [0.717, 1.165) is 0 Å². The molecule has 3 nitrogen and oxygen atoms in total. The molecule has 0 aliphatic heterocycles. The maximum absolute atomic E-state index is 8.23. The summed E-state index contributed by atoms with van der Waals surface area (Å²) in [5.41, 5.74) is 0. The van der Waals surface area contributed by atoms with Gasteiger partial charge in [0, 0.05) is 7.05 Å². The van der Waals surface area contributed by atoms with Crippen LogP contribution in [0.25, 0.3) is 0 Å². The zero-order valence-electron chi connectivity index (χ0n) is 4.88. The normalized spacial score (nSPS) is 7.56. The lowest BCUT2D eigenvalue weighted by atomic mass is 10.2. The Morgan fingerprint density at radius 1 is 1.56 bits per heavy atom. The number of nitrogens with one attached hydrogen (secondary N) is 1. The van der Waals surface area contributed by atoms with E-state index in [1.54, 1.807) is 19.2 Å². The SMILES string of the molecule is CNC(=S)C(C#N)C#N. The Labute approximate surface area is 58.9 Å². The third-order valence-electron chi connectivity index (χ3n) is 0.767. The van der Waals surface area contributed by atoms with Gasteiger partial charge in [0.1, 0.15) is 4.99 Å². The molecule has 0 aliphatic rings. The molecule has 0 heterocycles. The van der Waals surface area contributed by atoms with Gasteiger partial charge in [0.25, 0.3) is 0 Å². The Kier molecular flexibility index (Phi) is 3.34. The van der Waals surface area contributed by atoms with E-state index in [0.29, 0.717) is 0 Å². The first-order valence-electron chi connectivity index (χ1n) is 2.27. The van der Waals surface area contributed by atoms with Crippen molar-refractivity contribution >= 4 is 17.2 Å². The van der Waals surface area contributed by atoms with Crippen LogP contribution in [0.3, 0.4) is 0 Å². The van der Waals surface area contributed by atoms with E-state index in [1.165, 1.54) is 0 Å². The van der Waals surface area contributed by atoms with Crippen LogP contribution in [0.5, 0.6) is 0 Å². The van der Waals surface area contributed by atoms with Gasteiger partial charge in [0.15, 0.2) is 5.92 Å². The summed E-state index contributed by atoms with van der Waals surface area (Å²) < 4.78 is 0. The Balaban J connectivity index is 4.05. The fourth-order valence-corrected chi connectivity index (χ4v) is 0.396. The van der Waals surface area contributed by atoms with Crippen molar-refractivity contribution in [2.24, 2.45) is 5.92 Å². The summed E-state index contributed by atoms with van der Waals surface area (Å²) in [5.74, 6) is -0.801. The van der Waals surface area contributed by atoms with Gasteiger partial charge in [0.05, 0.1) is 12.1 Å². The van der Waals surface area contributed by atoms with Gasteiger partial charge >= 0.3 is 0 Å². The first-order chi connectivity index (χ1) is 4.26. The lowest BCUT2D eigenvalue weighted by Gasteiger charge is -1.98. The number of thiocarbonyl (C=S) groups is 1. The Hall–Kier alpha value is -1.13. The first-order valence-corrected chi connectivity index (χ1v) is 2.68. The van der Waals surface area contributed by atoms with Crippen molar-refractivity contribution in [3.05, 3.63) is 0 Å². The second-order valence-corrected chi connectivity index (χ2v) is 1.75. The molecule has 0 saturated carbocycles. The van der Waals surface area contributed by atoms with E-state index >= 15 is 0 Å². The average molecular weight is 139 g/mol. The molecule has 1 N–H and O–H groups in total. The third kappa shape index (κ3) is 2.07. The van der Waals surface area contributed by atoms with Crippen molar-refractivity contribution in [2.75, 3.05) is 7.05 Å². The summed E-state index contributed by atoms with van der Waals surface area (Å²) in [6, 6.07) is 3.48. The van der Waals surface area contributed by atoms with E-state index in [4.69, 9.17) is 10.5 Å². The van der Waals surface area contributed by atoms with Gasteiger partial charge in [-0.2, -0.15) is 10.5 Å². The van der Waals surface area contributed by atoms with Gasteiger partial charge in [-0.3, -0.25) is 0 Å². The van der Waals surface area contributed by atoms with Crippen LogP contribution >= 0.6 is 12.2 Å². The summed E-state index contributed by atoms with van der Waals surface area (Å²) in [6.45, 7) is 0. The zero-order chi connectivity index (χ0) is 7.28. The van der Waals surface area contributed by atoms with Crippen LogP contribution in [0.2, 0.25) is 0 Å². The molecule has 0 amide bonds. The van der Waals surface area contributed by atoms with Gasteiger partial charge < -0.3 is 5.32 Å². The van der Waals surface area contributed by atoms with Crippen LogP contribution < -0.4 is 5.32 Å². The summed E-state index contributed by atoms with van der Waals surface area (Å²) in [6.07, 6.45) is 0. The van der Waals surface area contributed by atoms with Crippen molar-refractivity contribution in [3.8, 4) is 12.1 Å². The molecule has 46 valence electrons. The highest BCUT2D eigenvalue weighted by Crippen LogP contribution is 1.91. The van der Waals surface area contributed by atoms with Crippen molar-refractivity contribution in [2.45, 2.75) is 0 Å². The number of rotatable bonds is 1. The number of hydrogen-bond donors (Lipinski definition) is 1. The topological polar surface area (TPSA) is 59.6 Å². The van der Waals surface area contributed by atoms with E-state index in [-0.39, 0.29) is 4.99 Å². The predicted octanol–water partition coefficient (Wildman–Crippen LogP) is 0.197. The molecule has 0 aliphatic carbocycles. The molecule has 0 unspecified atom stereocenters. The number of hydrogen-bond acceptors (Lipinski definition) is 3. The van der Waals surface area contributed by atoms with E-state index in [9.17, 15) is 0 Å². The standard InChI is InChI=1S/C5H5N3S/c1-8-5(9)4(2-6)3-7/h4H,1H3,(H,8,9). The largest absolute Gasteiger partial charge is 0.381 e. The molecule has 0 radical (unpaired) electrons. The van der Waals surface area contributed by atoms with Crippen LogP contribution in [0.1, 0.15) is 0 Å². The van der Waals surface area contributed by atoms with E-state index < -0.39 is 5.92 Å². The molecule has 0 aromatic rings. The van der Waals surface area contributed by atoms with Crippen LogP contribution in [-0.4, -0.2) is 12.0 Å². The van der Waals surface area contributed by atoms with Crippen molar-refractivity contribution in [1.82, 2.24) is 5.32 Å². The molecule has 0 spiro atoms. The Morgan fingerprint density at radius 3 is 2.11 bits per heavy atom. The monoisotopic (exact) mass is 139 g/mol. The second kappa shape index (κ2) is 3.82. The number of nitrogens with zero attached hydrogens (tertiary/aromatic N) is 2. The second-order valence-electron chi connectivity index (χ2n) is 1.31. The lowest BCUT2D eigenvalue weighted by molar-refractivity contribution is 1.06. The van der Waals surface area contributed by atoms with Crippen molar-refractivity contribution < 1.29 is 0 Å². The molecule has 0 aromatic heterocycles. The lowest BCUT2D eigenvalue weighted by Crippen LogP contribution is -2.22. The molecular weight excluding hydrogens is 134 g/mol. The summed E-state index contributed by atoms with van der Waals surface area (Å²) in [5, 5.41) is 19.0. The average Bonchev–Trinajstić information content (AvgIpc) is 1.90. The van der Waals surface area contributed by atoms with Crippen LogP contribution in [0.4, 0.5) is 0 Å². The first kappa shape index (κ1) is 7.87. The quantitative estimate of drug-likeness (QED) is 0.527. The fraction of sp³-hybridized carbons (Fsp3) is 0.400. The van der Waals surface area contributed by atoms with Crippen molar-refractivity contribution in [1.29, 1.82) is 10.5 Å². The molecule has 0 rings (SSSR count). The van der Waals surface area contributed by atoms with Crippen LogP contribution in [-0.2, 0) is 0 Å². The molecule has 4 heteroatoms. The summed E-state index contributed by atoms with van der Waals surface area (Å²) in [4.78, 5) is 0.278. The highest BCUT2D eigenvalue weighted by molar-refractivity contribution is 7.80. The highest BCUT2D eigenvalue weighted by atomic mass is 32.1. The van der Waals surface area contributed by atoms with Crippen molar-refractivity contribution in [3.63, 3.8) is 0 Å². The van der Waals surface area contributed by atoms with E-state index in [2.05, 4.69) is 17.5 Å². The minimum Gasteiger partial charge on any atom is -0.381 e. The minimum atomic E-state index is -0.801. The molecule has 0 saturated heterocycles. The van der Waals surface area contributed by atoms with Crippen LogP contribution in [0.15, 0.2) is 0 Å². The van der Waals surface area contributed by atoms with Gasteiger partial charge in [-0.1, -0.05) is 12.2 Å². The zero-order valence-corrected chi connectivity index (χ0v) is 5.70. The maximum Gasteiger partial charge on any atom is 0.182 e. The molecule has 0 bridgehead atoms. The van der Waals surface area contributed by atoms with Gasteiger partial charge in [-0.25, -0.2) is 0 Å². The molecule has 0 atom stereocenters. The smallest absolute Gasteiger partial charge is 0.182 e. The summed E-state index contributed by atoms with van der Waals surface area (Å²) in [7, 11) is 1.59. The fourth-order valence-electron chi connectivity index (χ4n) is 0.290. The van der Waals surface area contributed by atoms with Crippen LogP contribution in [0, 0.1) is 28.6 Å². The van der Waals surface area contributed by atoms with Gasteiger partial charge in [0.2, 0.25) is 0 Å². The molecule has 0 aromatic carbocycles. The predicted molar refractivity (Wildman–Crippen MR) is 36.4 cm³/mol. The third-order valence-corrected chi connectivity index (χ3v) is 1.21. The molecular formula is C5H5N3S. The number of nitriles is 2. The van der Waals surface area contributed by atoms with E-state index in [1.807, 2.05) is 0 Å².